The average molecular weight is 225 g/mol. The lowest BCUT2D eigenvalue weighted by Crippen LogP contribution is -2.25. The van der Waals surface area contributed by atoms with Gasteiger partial charge in [0.15, 0.2) is 0 Å². The van der Waals surface area contributed by atoms with Crippen molar-refractivity contribution in [2.24, 2.45) is 11.6 Å². The molecule has 0 saturated carbocycles. The minimum atomic E-state index is 0.636. The number of rotatable bonds is 3. The molecule has 0 heterocycles. The number of hydrogen-bond donors (Lipinski definition) is 2. The third kappa shape index (κ3) is 2.86. The van der Waals surface area contributed by atoms with E-state index in [0.29, 0.717) is 5.70 Å². The van der Waals surface area contributed by atoms with Crippen LogP contribution < -0.4 is 16.6 Å². The van der Waals surface area contributed by atoms with Crippen LogP contribution in [0.1, 0.15) is 5.56 Å². The minimum Gasteiger partial charge on any atom is -0.397 e. The number of anilines is 1. The molecule has 3 nitrogen and oxygen atoms in total. The standard InChI is InChI=1S/C14H15N3/c15-14(12-7-3-1-4-8-12)11-17(16)13-9-5-2-6-10-13/h1-11H,15-16H2/b14-11-. The molecule has 0 saturated heterocycles. The van der Waals surface area contributed by atoms with Crippen LogP contribution in [0.5, 0.6) is 0 Å². The summed E-state index contributed by atoms with van der Waals surface area (Å²) in [6, 6.07) is 19.4. The number of hydrogen-bond acceptors (Lipinski definition) is 3. The van der Waals surface area contributed by atoms with Gasteiger partial charge in [-0.25, -0.2) is 5.84 Å². The van der Waals surface area contributed by atoms with E-state index < -0.39 is 0 Å². The molecule has 0 bridgehead atoms. The number of benzene rings is 2. The molecule has 4 N–H and O–H groups in total. The van der Waals surface area contributed by atoms with Crippen molar-refractivity contribution in [3.63, 3.8) is 0 Å². The summed E-state index contributed by atoms with van der Waals surface area (Å²) in [5, 5.41) is 1.52. The topological polar surface area (TPSA) is 55.3 Å². The lowest BCUT2D eigenvalue weighted by molar-refractivity contribution is 1.08. The Hall–Kier alpha value is -2.26. The van der Waals surface area contributed by atoms with Crippen LogP contribution >= 0.6 is 0 Å². The first-order chi connectivity index (χ1) is 8.27. The number of nitrogens with two attached hydrogens (primary N) is 2. The summed E-state index contributed by atoms with van der Waals surface area (Å²) in [5.74, 6) is 5.91. The molecule has 0 atom stereocenters. The zero-order chi connectivity index (χ0) is 12.1. The Bertz CT molecular complexity index is 491. The van der Waals surface area contributed by atoms with Gasteiger partial charge in [0.05, 0.1) is 11.4 Å². The van der Waals surface area contributed by atoms with Crippen molar-refractivity contribution in [3.05, 3.63) is 72.4 Å². The Morgan fingerprint density at radius 1 is 0.882 bits per heavy atom. The Labute approximate surface area is 101 Å². The molecule has 0 aromatic heterocycles. The van der Waals surface area contributed by atoms with E-state index in [9.17, 15) is 0 Å². The second kappa shape index (κ2) is 5.18. The Kier molecular flexibility index (Phi) is 3.43. The maximum absolute atomic E-state index is 5.97. The summed E-state index contributed by atoms with van der Waals surface area (Å²) in [6.45, 7) is 0. The van der Waals surface area contributed by atoms with Crippen molar-refractivity contribution in [2.75, 3.05) is 5.01 Å². The van der Waals surface area contributed by atoms with Crippen LogP contribution in [0.15, 0.2) is 66.9 Å². The van der Waals surface area contributed by atoms with Crippen molar-refractivity contribution in [2.45, 2.75) is 0 Å². The van der Waals surface area contributed by atoms with E-state index in [4.69, 9.17) is 11.6 Å². The van der Waals surface area contributed by atoms with Gasteiger partial charge in [-0.2, -0.15) is 0 Å². The van der Waals surface area contributed by atoms with Gasteiger partial charge in [-0.1, -0.05) is 48.5 Å². The molecule has 2 rings (SSSR count). The zero-order valence-electron chi connectivity index (χ0n) is 9.45. The predicted octanol–water partition coefficient (Wildman–Crippen LogP) is 2.32. The molecule has 0 aliphatic heterocycles. The van der Waals surface area contributed by atoms with Gasteiger partial charge in [0.25, 0.3) is 0 Å². The number of nitrogens with zero attached hydrogens (tertiary/aromatic N) is 1. The number of hydrazine groups is 1. The summed E-state index contributed by atoms with van der Waals surface area (Å²) in [6.07, 6.45) is 1.71. The van der Waals surface area contributed by atoms with E-state index in [1.807, 2.05) is 60.7 Å². The fraction of sp³-hybridized carbons (Fsp3) is 0. The third-order valence-corrected chi connectivity index (χ3v) is 2.44. The van der Waals surface area contributed by atoms with Gasteiger partial charge in [-0.3, -0.25) is 5.01 Å². The van der Waals surface area contributed by atoms with E-state index in [1.54, 1.807) is 6.20 Å². The van der Waals surface area contributed by atoms with Crippen molar-refractivity contribution >= 4 is 11.4 Å². The largest absolute Gasteiger partial charge is 0.397 e. The Balaban J connectivity index is 2.20. The minimum absolute atomic E-state index is 0.636. The molecule has 2 aromatic rings. The molecule has 0 fully saturated rings. The van der Waals surface area contributed by atoms with Gasteiger partial charge in [-0.15, -0.1) is 0 Å². The molecule has 0 radical (unpaired) electrons. The first kappa shape index (κ1) is 11.2. The molecule has 0 spiro atoms. The SMILES string of the molecule is N/C(=C\N(N)c1ccccc1)c1ccccc1. The summed E-state index contributed by atoms with van der Waals surface area (Å²) < 4.78 is 0. The molecule has 2 aromatic carbocycles. The second-order valence-electron chi connectivity index (χ2n) is 3.69. The van der Waals surface area contributed by atoms with E-state index in [-0.39, 0.29) is 0 Å². The molecule has 0 amide bonds. The van der Waals surface area contributed by atoms with Gasteiger partial charge in [-0.05, 0) is 17.7 Å². The molecule has 17 heavy (non-hydrogen) atoms. The predicted molar refractivity (Wildman–Crippen MR) is 71.7 cm³/mol. The second-order valence-corrected chi connectivity index (χ2v) is 3.69. The lowest BCUT2D eigenvalue weighted by Gasteiger charge is -2.14. The van der Waals surface area contributed by atoms with E-state index in [1.165, 1.54) is 5.01 Å². The van der Waals surface area contributed by atoms with Crippen LogP contribution in [0.3, 0.4) is 0 Å². The Morgan fingerprint density at radius 2 is 1.41 bits per heavy atom. The maximum Gasteiger partial charge on any atom is 0.0569 e. The summed E-state index contributed by atoms with van der Waals surface area (Å²) in [5.41, 5.74) is 8.46. The molecular weight excluding hydrogens is 210 g/mol. The van der Waals surface area contributed by atoms with Crippen LogP contribution in [0, 0.1) is 0 Å². The first-order valence-electron chi connectivity index (χ1n) is 5.39. The van der Waals surface area contributed by atoms with E-state index in [2.05, 4.69) is 0 Å². The molecule has 0 unspecified atom stereocenters. The van der Waals surface area contributed by atoms with Gasteiger partial charge in [0.2, 0.25) is 0 Å². The van der Waals surface area contributed by atoms with Crippen LogP contribution in [0.4, 0.5) is 5.69 Å². The molecule has 0 aliphatic carbocycles. The highest BCUT2D eigenvalue weighted by atomic mass is 15.4. The number of para-hydroxylation sites is 1. The highest BCUT2D eigenvalue weighted by Crippen LogP contribution is 2.13. The molecule has 0 aliphatic rings. The molecule has 86 valence electrons. The van der Waals surface area contributed by atoms with Crippen LogP contribution in [0.2, 0.25) is 0 Å². The van der Waals surface area contributed by atoms with Gasteiger partial charge in [0.1, 0.15) is 0 Å². The van der Waals surface area contributed by atoms with Crippen molar-refractivity contribution in [1.82, 2.24) is 0 Å². The van der Waals surface area contributed by atoms with E-state index in [0.717, 1.165) is 11.3 Å². The van der Waals surface area contributed by atoms with Gasteiger partial charge >= 0.3 is 0 Å². The highest BCUT2D eigenvalue weighted by molar-refractivity contribution is 5.65. The quantitative estimate of drug-likeness (QED) is 0.622. The van der Waals surface area contributed by atoms with Gasteiger partial charge in [0, 0.05) is 6.20 Å². The van der Waals surface area contributed by atoms with Crippen LogP contribution in [-0.4, -0.2) is 0 Å². The maximum atomic E-state index is 5.97. The van der Waals surface area contributed by atoms with Gasteiger partial charge < -0.3 is 5.73 Å². The first-order valence-corrected chi connectivity index (χ1v) is 5.39. The lowest BCUT2D eigenvalue weighted by atomic mass is 10.2. The van der Waals surface area contributed by atoms with Crippen LogP contribution in [0.25, 0.3) is 5.70 Å². The fourth-order valence-corrected chi connectivity index (χ4v) is 1.53. The normalized spacial score (nSPS) is 11.2. The molecule has 3 heteroatoms. The van der Waals surface area contributed by atoms with Crippen molar-refractivity contribution in [1.29, 1.82) is 0 Å². The van der Waals surface area contributed by atoms with E-state index >= 15 is 0 Å². The van der Waals surface area contributed by atoms with Crippen LogP contribution in [-0.2, 0) is 0 Å². The summed E-state index contributed by atoms with van der Waals surface area (Å²) >= 11 is 0. The zero-order valence-corrected chi connectivity index (χ0v) is 9.45. The summed E-state index contributed by atoms with van der Waals surface area (Å²) in [7, 11) is 0. The third-order valence-electron chi connectivity index (χ3n) is 2.44. The smallest absolute Gasteiger partial charge is 0.0569 e. The van der Waals surface area contributed by atoms with Crippen molar-refractivity contribution in [3.8, 4) is 0 Å². The molecular formula is C14H15N3. The summed E-state index contributed by atoms with van der Waals surface area (Å²) in [4.78, 5) is 0. The highest BCUT2D eigenvalue weighted by Gasteiger charge is 1.99. The Morgan fingerprint density at radius 3 is 2.00 bits per heavy atom. The fourth-order valence-electron chi connectivity index (χ4n) is 1.53. The van der Waals surface area contributed by atoms with Crippen molar-refractivity contribution < 1.29 is 0 Å². The average Bonchev–Trinajstić information content (AvgIpc) is 2.40. The monoisotopic (exact) mass is 225 g/mol.